The average molecular weight is 267 g/mol. The van der Waals surface area contributed by atoms with Gasteiger partial charge >= 0.3 is 0 Å². The van der Waals surface area contributed by atoms with Crippen molar-refractivity contribution in [2.75, 3.05) is 14.1 Å². The Labute approximate surface area is 109 Å². The van der Waals surface area contributed by atoms with Gasteiger partial charge in [0.2, 0.25) is 10.0 Å². The first-order valence-electron chi connectivity index (χ1n) is 5.38. The van der Waals surface area contributed by atoms with E-state index in [1.54, 1.807) is 26.0 Å². The topological polar surface area (TPSA) is 46.6 Å². The maximum Gasteiger partial charge on any atom is 0.242 e. The fraction of sp³-hybridized carbons (Fsp3) is 0.385. The minimum Gasteiger partial charge on any atom is -0.475 e. The number of hydrogen-bond acceptors (Lipinski definition) is 3. The number of ether oxygens (including phenoxy) is 1. The molecule has 1 rings (SSSR count). The molecule has 0 amide bonds. The average Bonchev–Trinajstić information content (AvgIpc) is 2.29. The molecule has 0 aliphatic rings. The standard InChI is InChI=1S/C13H17NO3S/c1-6-13(2,3)17-11-7-9-12(10-8-11)18(15,16)14(4)5/h1,7-10H,2-5H3. The summed E-state index contributed by atoms with van der Waals surface area (Å²) >= 11 is 0. The van der Waals surface area contributed by atoms with Crippen LogP contribution in [0.15, 0.2) is 29.2 Å². The molecule has 0 heterocycles. The predicted octanol–water partition coefficient (Wildman–Crippen LogP) is 1.73. The zero-order chi connectivity index (χ0) is 14.0. The lowest BCUT2D eigenvalue weighted by Crippen LogP contribution is -2.25. The lowest BCUT2D eigenvalue weighted by Gasteiger charge is -2.20. The van der Waals surface area contributed by atoms with Crippen LogP contribution in [0.5, 0.6) is 5.75 Å². The lowest BCUT2D eigenvalue weighted by atomic mass is 10.1. The van der Waals surface area contributed by atoms with Crippen LogP contribution >= 0.6 is 0 Å². The van der Waals surface area contributed by atoms with Crippen LogP contribution in [0.1, 0.15) is 13.8 Å². The fourth-order valence-electron chi connectivity index (χ4n) is 1.21. The summed E-state index contributed by atoms with van der Waals surface area (Å²) in [5.74, 6) is 3.04. The van der Waals surface area contributed by atoms with Gasteiger partial charge in [0.1, 0.15) is 5.75 Å². The van der Waals surface area contributed by atoms with Gasteiger partial charge < -0.3 is 4.74 Å². The van der Waals surface area contributed by atoms with Crippen molar-refractivity contribution in [1.29, 1.82) is 0 Å². The van der Waals surface area contributed by atoms with E-state index < -0.39 is 15.6 Å². The lowest BCUT2D eigenvalue weighted by molar-refractivity contribution is 0.172. The highest BCUT2D eigenvalue weighted by atomic mass is 32.2. The Morgan fingerprint density at radius 3 is 2.11 bits per heavy atom. The van der Waals surface area contributed by atoms with Crippen molar-refractivity contribution in [3.8, 4) is 18.1 Å². The van der Waals surface area contributed by atoms with Crippen LogP contribution in [0.2, 0.25) is 0 Å². The largest absolute Gasteiger partial charge is 0.475 e. The first-order valence-corrected chi connectivity index (χ1v) is 6.82. The van der Waals surface area contributed by atoms with Gasteiger partial charge in [0.05, 0.1) is 4.90 Å². The number of nitrogens with zero attached hydrogens (tertiary/aromatic N) is 1. The molecule has 1 aromatic carbocycles. The van der Waals surface area contributed by atoms with E-state index in [1.807, 2.05) is 0 Å². The van der Waals surface area contributed by atoms with E-state index in [1.165, 1.54) is 26.2 Å². The van der Waals surface area contributed by atoms with E-state index in [2.05, 4.69) is 5.92 Å². The number of benzene rings is 1. The molecule has 0 saturated heterocycles. The third-order valence-electron chi connectivity index (χ3n) is 2.32. The Bertz CT molecular complexity index is 551. The number of sulfonamides is 1. The van der Waals surface area contributed by atoms with Crippen molar-refractivity contribution >= 4 is 10.0 Å². The Morgan fingerprint density at radius 2 is 1.72 bits per heavy atom. The Kier molecular flexibility index (Phi) is 4.05. The smallest absolute Gasteiger partial charge is 0.242 e. The highest BCUT2D eigenvalue weighted by molar-refractivity contribution is 7.89. The molecule has 0 aliphatic carbocycles. The molecule has 0 radical (unpaired) electrons. The molecule has 1 aromatic rings. The van der Waals surface area contributed by atoms with Crippen molar-refractivity contribution in [1.82, 2.24) is 4.31 Å². The Hall–Kier alpha value is -1.51. The first-order chi connectivity index (χ1) is 8.19. The quantitative estimate of drug-likeness (QED) is 0.780. The summed E-state index contributed by atoms with van der Waals surface area (Å²) in [6.45, 7) is 3.52. The van der Waals surface area contributed by atoms with E-state index in [9.17, 15) is 8.42 Å². The minimum absolute atomic E-state index is 0.221. The fourth-order valence-corrected chi connectivity index (χ4v) is 2.12. The summed E-state index contributed by atoms with van der Waals surface area (Å²) < 4.78 is 30.4. The second kappa shape index (κ2) is 5.01. The Balaban J connectivity index is 2.99. The van der Waals surface area contributed by atoms with Crippen molar-refractivity contribution in [3.63, 3.8) is 0 Å². The zero-order valence-corrected chi connectivity index (χ0v) is 11.8. The van der Waals surface area contributed by atoms with Gasteiger partial charge in [-0.3, -0.25) is 0 Å². The van der Waals surface area contributed by atoms with E-state index in [0.717, 1.165) is 4.31 Å². The molecular weight excluding hydrogens is 250 g/mol. The van der Waals surface area contributed by atoms with E-state index in [-0.39, 0.29) is 4.90 Å². The van der Waals surface area contributed by atoms with Gasteiger partial charge in [0.15, 0.2) is 5.60 Å². The highest BCUT2D eigenvalue weighted by Gasteiger charge is 2.19. The van der Waals surface area contributed by atoms with Gasteiger partial charge in [-0.25, -0.2) is 12.7 Å². The number of hydrogen-bond donors (Lipinski definition) is 0. The number of terminal acetylenes is 1. The molecule has 0 fully saturated rings. The molecule has 0 aromatic heterocycles. The monoisotopic (exact) mass is 267 g/mol. The van der Waals surface area contributed by atoms with Gasteiger partial charge in [0.25, 0.3) is 0 Å². The molecule has 0 atom stereocenters. The molecule has 0 spiro atoms. The molecule has 0 aliphatic heterocycles. The first kappa shape index (κ1) is 14.6. The van der Waals surface area contributed by atoms with Crippen molar-refractivity contribution in [3.05, 3.63) is 24.3 Å². The maximum absolute atomic E-state index is 11.8. The second-order valence-electron chi connectivity index (χ2n) is 4.52. The summed E-state index contributed by atoms with van der Waals surface area (Å²) in [6, 6.07) is 6.18. The van der Waals surface area contributed by atoms with E-state index >= 15 is 0 Å². The third kappa shape index (κ3) is 3.25. The van der Waals surface area contributed by atoms with Gasteiger partial charge in [-0.1, -0.05) is 5.92 Å². The van der Waals surface area contributed by atoms with Gasteiger partial charge in [-0.05, 0) is 38.1 Å². The van der Waals surface area contributed by atoms with E-state index in [0.29, 0.717) is 5.75 Å². The van der Waals surface area contributed by atoms with Crippen LogP contribution in [0.3, 0.4) is 0 Å². The highest BCUT2D eigenvalue weighted by Crippen LogP contribution is 2.21. The molecule has 5 heteroatoms. The van der Waals surface area contributed by atoms with Gasteiger partial charge in [0, 0.05) is 14.1 Å². The van der Waals surface area contributed by atoms with E-state index in [4.69, 9.17) is 11.2 Å². The van der Waals surface area contributed by atoms with Crippen LogP contribution in [0.4, 0.5) is 0 Å². The minimum atomic E-state index is -3.41. The van der Waals surface area contributed by atoms with Crippen LogP contribution < -0.4 is 4.74 Å². The zero-order valence-electron chi connectivity index (χ0n) is 11.0. The summed E-state index contributed by atoms with van der Waals surface area (Å²) in [6.07, 6.45) is 5.32. The van der Waals surface area contributed by atoms with Crippen molar-refractivity contribution < 1.29 is 13.2 Å². The molecule has 18 heavy (non-hydrogen) atoms. The third-order valence-corrected chi connectivity index (χ3v) is 4.15. The molecule has 0 N–H and O–H groups in total. The van der Waals surface area contributed by atoms with Crippen LogP contribution in [-0.4, -0.2) is 32.4 Å². The SMILES string of the molecule is C#CC(C)(C)Oc1ccc(S(=O)(=O)N(C)C)cc1. The van der Waals surface area contributed by atoms with Crippen molar-refractivity contribution in [2.45, 2.75) is 24.3 Å². The molecule has 0 saturated carbocycles. The van der Waals surface area contributed by atoms with Gasteiger partial charge in [-0.15, -0.1) is 6.42 Å². The molecule has 0 unspecified atom stereocenters. The summed E-state index contributed by atoms with van der Waals surface area (Å²) in [5, 5.41) is 0. The normalized spacial score (nSPS) is 12.2. The second-order valence-corrected chi connectivity index (χ2v) is 6.67. The van der Waals surface area contributed by atoms with Crippen molar-refractivity contribution in [2.24, 2.45) is 0 Å². The number of rotatable bonds is 4. The van der Waals surface area contributed by atoms with Crippen LogP contribution in [0.25, 0.3) is 0 Å². The van der Waals surface area contributed by atoms with Crippen LogP contribution in [0, 0.1) is 12.3 Å². The molecule has 0 bridgehead atoms. The summed E-state index contributed by atoms with van der Waals surface area (Å²) in [4.78, 5) is 0.221. The maximum atomic E-state index is 11.8. The molecule has 4 nitrogen and oxygen atoms in total. The summed E-state index contributed by atoms with van der Waals surface area (Å²) in [5.41, 5.74) is -0.720. The molecule has 98 valence electrons. The predicted molar refractivity (Wildman–Crippen MR) is 70.9 cm³/mol. The van der Waals surface area contributed by atoms with Crippen LogP contribution in [-0.2, 0) is 10.0 Å². The summed E-state index contributed by atoms with van der Waals surface area (Å²) in [7, 11) is -0.431. The Morgan fingerprint density at radius 1 is 1.22 bits per heavy atom. The molecular formula is C13H17NO3S. The van der Waals surface area contributed by atoms with Gasteiger partial charge in [-0.2, -0.15) is 0 Å².